The number of aromatic nitrogens is 3. The normalized spacial score (nSPS) is 12.3. The zero-order valence-electron chi connectivity index (χ0n) is 19.5. The molecular formula is C24H37N7+2. The number of nitrogens with zero attached hydrogens (tertiary/aromatic N) is 2. The summed E-state index contributed by atoms with van der Waals surface area (Å²) in [6, 6.07) is 10.3. The van der Waals surface area contributed by atoms with E-state index in [4.69, 9.17) is 5.73 Å². The average Bonchev–Trinajstić information content (AvgIpc) is 2.71. The van der Waals surface area contributed by atoms with Gasteiger partial charge in [-0.3, -0.25) is 15.6 Å². The van der Waals surface area contributed by atoms with E-state index in [1.165, 1.54) is 26.1 Å². The Morgan fingerprint density at radius 3 is 2.55 bits per heavy atom. The van der Waals surface area contributed by atoms with Crippen LogP contribution in [0.5, 0.6) is 0 Å². The molecule has 1 atom stereocenters. The zero-order valence-corrected chi connectivity index (χ0v) is 19.5. The van der Waals surface area contributed by atoms with Gasteiger partial charge in [0.1, 0.15) is 5.69 Å². The SMILES string of the molecule is CC[NH+](CC)CCC[C@H](C)Nc1nc(C)cc(Nc2ccc3nc(C)cc(N)c3c2)[nH+]1. The second-order valence-electron chi connectivity index (χ2n) is 8.39. The maximum Gasteiger partial charge on any atom is 0.345 e. The molecule has 0 spiro atoms. The second kappa shape index (κ2) is 10.4. The number of hydrogen-bond donors (Lipinski definition) is 4. The van der Waals surface area contributed by atoms with Gasteiger partial charge in [0.2, 0.25) is 5.82 Å². The van der Waals surface area contributed by atoms with Gasteiger partial charge in [0, 0.05) is 22.8 Å². The zero-order chi connectivity index (χ0) is 22.4. The van der Waals surface area contributed by atoms with Crippen LogP contribution >= 0.6 is 0 Å². The summed E-state index contributed by atoms with van der Waals surface area (Å²) >= 11 is 0. The highest BCUT2D eigenvalue weighted by Gasteiger charge is 2.14. The number of H-pyrrole nitrogens is 1. The van der Waals surface area contributed by atoms with Crippen LogP contribution in [0.3, 0.4) is 0 Å². The predicted molar refractivity (Wildman–Crippen MR) is 129 cm³/mol. The number of hydrogen-bond acceptors (Lipinski definition) is 5. The van der Waals surface area contributed by atoms with E-state index < -0.39 is 0 Å². The molecule has 0 aliphatic rings. The summed E-state index contributed by atoms with van der Waals surface area (Å²) in [7, 11) is 0. The molecular weight excluding hydrogens is 386 g/mol. The molecule has 0 aliphatic heterocycles. The monoisotopic (exact) mass is 423 g/mol. The van der Waals surface area contributed by atoms with Crippen LogP contribution in [-0.4, -0.2) is 35.6 Å². The average molecular weight is 424 g/mol. The van der Waals surface area contributed by atoms with Gasteiger partial charge in [-0.05, 0) is 71.7 Å². The van der Waals surface area contributed by atoms with Gasteiger partial charge in [-0.15, -0.1) is 4.98 Å². The Hall–Kier alpha value is -2.93. The molecule has 1 aromatic carbocycles. The lowest BCUT2D eigenvalue weighted by molar-refractivity contribution is -0.896. The molecule has 7 nitrogen and oxygen atoms in total. The lowest BCUT2D eigenvalue weighted by atomic mass is 10.1. The van der Waals surface area contributed by atoms with Gasteiger partial charge in [-0.2, -0.15) is 0 Å². The maximum atomic E-state index is 6.20. The second-order valence-corrected chi connectivity index (χ2v) is 8.39. The lowest BCUT2D eigenvalue weighted by Crippen LogP contribution is -3.11. The number of rotatable bonds is 10. The highest BCUT2D eigenvalue weighted by molar-refractivity contribution is 5.93. The molecule has 3 aromatic rings. The third-order valence-corrected chi connectivity index (χ3v) is 5.69. The Kier molecular flexibility index (Phi) is 7.63. The summed E-state index contributed by atoms with van der Waals surface area (Å²) in [5, 5.41) is 7.91. The maximum absolute atomic E-state index is 6.20. The smallest absolute Gasteiger partial charge is 0.345 e. The number of nitrogen functional groups attached to an aromatic ring is 1. The van der Waals surface area contributed by atoms with Crippen LogP contribution in [-0.2, 0) is 0 Å². The van der Waals surface area contributed by atoms with Gasteiger partial charge >= 0.3 is 5.95 Å². The molecule has 3 rings (SSSR count). The first-order valence-corrected chi connectivity index (χ1v) is 11.3. The van der Waals surface area contributed by atoms with Gasteiger partial charge in [-0.25, -0.2) is 4.98 Å². The molecule has 0 saturated heterocycles. The predicted octanol–water partition coefficient (Wildman–Crippen LogP) is 2.89. The molecule has 0 amide bonds. The molecule has 2 heterocycles. The number of pyridine rings is 1. The van der Waals surface area contributed by atoms with Crippen LogP contribution in [0, 0.1) is 13.8 Å². The Morgan fingerprint density at radius 1 is 1.06 bits per heavy atom. The van der Waals surface area contributed by atoms with E-state index in [0.29, 0.717) is 6.04 Å². The Bertz CT molecular complexity index is 1010. The summed E-state index contributed by atoms with van der Waals surface area (Å²) in [6.07, 6.45) is 2.32. The van der Waals surface area contributed by atoms with E-state index >= 15 is 0 Å². The Balaban J connectivity index is 1.67. The van der Waals surface area contributed by atoms with E-state index in [2.05, 4.69) is 46.4 Å². The van der Waals surface area contributed by atoms with Crippen molar-refractivity contribution in [2.24, 2.45) is 0 Å². The number of nitrogens with two attached hydrogens (primary N) is 1. The van der Waals surface area contributed by atoms with Crippen molar-refractivity contribution in [2.45, 2.75) is 53.5 Å². The largest absolute Gasteiger partial charge is 0.398 e. The minimum absolute atomic E-state index is 0.350. The molecule has 0 fully saturated rings. The third kappa shape index (κ3) is 6.28. The summed E-state index contributed by atoms with van der Waals surface area (Å²) in [5.41, 5.74) is 10.7. The van der Waals surface area contributed by atoms with E-state index in [1.54, 1.807) is 4.90 Å². The third-order valence-electron chi connectivity index (χ3n) is 5.69. The first kappa shape index (κ1) is 22.7. The first-order valence-electron chi connectivity index (χ1n) is 11.3. The van der Waals surface area contributed by atoms with Gasteiger partial charge in [0.25, 0.3) is 0 Å². The van der Waals surface area contributed by atoms with E-state index in [1.807, 2.05) is 44.2 Å². The molecule has 31 heavy (non-hydrogen) atoms. The van der Waals surface area contributed by atoms with Crippen molar-refractivity contribution >= 4 is 34.0 Å². The van der Waals surface area contributed by atoms with Crippen molar-refractivity contribution in [3.8, 4) is 0 Å². The topological polar surface area (TPSA) is 94.4 Å². The molecule has 0 saturated carbocycles. The summed E-state index contributed by atoms with van der Waals surface area (Å²) < 4.78 is 0. The molecule has 0 unspecified atom stereocenters. The van der Waals surface area contributed by atoms with Gasteiger partial charge in [-0.1, -0.05) is 0 Å². The minimum atomic E-state index is 0.350. The molecule has 166 valence electrons. The summed E-state index contributed by atoms with van der Waals surface area (Å²) in [5.74, 6) is 1.66. The van der Waals surface area contributed by atoms with E-state index in [0.717, 1.165) is 51.9 Å². The molecule has 2 aromatic heterocycles. The fourth-order valence-electron chi connectivity index (χ4n) is 3.94. The van der Waals surface area contributed by atoms with Crippen LogP contribution in [0.4, 0.5) is 23.1 Å². The number of benzene rings is 1. The highest BCUT2D eigenvalue weighted by atomic mass is 15.2. The van der Waals surface area contributed by atoms with Crippen molar-refractivity contribution < 1.29 is 9.88 Å². The van der Waals surface area contributed by atoms with Crippen LogP contribution in [0.15, 0.2) is 30.3 Å². The van der Waals surface area contributed by atoms with Gasteiger partial charge < -0.3 is 10.6 Å². The quantitative estimate of drug-likeness (QED) is 0.402. The molecule has 0 bridgehead atoms. The fraction of sp³-hybridized carbons (Fsp3) is 0.458. The van der Waals surface area contributed by atoms with Gasteiger partial charge in [0.05, 0.1) is 36.9 Å². The molecule has 6 N–H and O–H groups in total. The number of aromatic amines is 1. The van der Waals surface area contributed by atoms with Crippen molar-refractivity contribution in [1.82, 2.24) is 9.97 Å². The summed E-state index contributed by atoms with van der Waals surface area (Å²) in [4.78, 5) is 14.2. The number of aryl methyl sites for hydroxylation is 2. The Morgan fingerprint density at radius 2 is 1.81 bits per heavy atom. The van der Waals surface area contributed by atoms with Crippen LogP contribution in [0.2, 0.25) is 0 Å². The molecule has 0 aliphatic carbocycles. The molecule has 0 radical (unpaired) electrons. The summed E-state index contributed by atoms with van der Waals surface area (Å²) in [6.45, 7) is 14.3. The fourth-order valence-corrected chi connectivity index (χ4v) is 3.94. The Labute approximate surface area is 185 Å². The van der Waals surface area contributed by atoms with Crippen molar-refractivity contribution in [3.63, 3.8) is 0 Å². The van der Waals surface area contributed by atoms with Crippen LogP contribution in [0.1, 0.15) is 45.0 Å². The van der Waals surface area contributed by atoms with Gasteiger partial charge in [0.15, 0.2) is 0 Å². The van der Waals surface area contributed by atoms with Crippen molar-refractivity contribution in [3.05, 3.63) is 41.7 Å². The molecule has 7 heteroatoms. The number of fused-ring (bicyclic) bond motifs is 1. The highest BCUT2D eigenvalue weighted by Crippen LogP contribution is 2.25. The van der Waals surface area contributed by atoms with E-state index in [-0.39, 0.29) is 0 Å². The minimum Gasteiger partial charge on any atom is -0.398 e. The number of anilines is 4. The number of nitrogens with one attached hydrogen (secondary N) is 4. The van der Waals surface area contributed by atoms with Crippen molar-refractivity contribution in [2.75, 3.05) is 36.0 Å². The van der Waals surface area contributed by atoms with E-state index in [9.17, 15) is 0 Å². The van der Waals surface area contributed by atoms with Crippen LogP contribution in [0.25, 0.3) is 10.9 Å². The number of quaternary nitrogens is 1. The lowest BCUT2D eigenvalue weighted by Gasteiger charge is -2.16. The van der Waals surface area contributed by atoms with Crippen LogP contribution < -0.4 is 26.3 Å². The first-order chi connectivity index (χ1) is 14.9. The standard InChI is InChI=1S/C24H35N7/c1-6-31(7-2)12-8-9-16(3)27-24-28-18(5)14-23(30-24)29-19-10-11-22-20(15-19)21(25)13-17(4)26-22/h10-11,13-16H,6-9,12H2,1-5H3,(H2,25,26)(H2,27,28,29,30)/p+2/t16-/m0/s1. The van der Waals surface area contributed by atoms with Crippen molar-refractivity contribution in [1.29, 1.82) is 0 Å².